The molecule has 5 nitrogen and oxygen atoms in total. The smallest absolute Gasteiger partial charge is 0.277 e. The van der Waals surface area contributed by atoms with Gasteiger partial charge in [-0.05, 0) is 48.9 Å². The number of hydrogen-bond donors (Lipinski definition) is 1. The van der Waals surface area contributed by atoms with Gasteiger partial charge in [-0.2, -0.15) is 0 Å². The van der Waals surface area contributed by atoms with E-state index < -0.39 is 5.25 Å². The second-order valence-corrected chi connectivity index (χ2v) is 7.21. The molecule has 0 aliphatic carbocycles. The molecule has 0 fully saturated rings. The summed E-state index contributed by atoms with van der Waals surface area (Å²) in [5.74, 6) is -0.120. The van der Waals surface area contributed by atoms with Crippen LogP contribution in [0.1, 0.15) is 12.5 Å². The van der Waals surface area contributed by atoms with Crippen LogP contribution in [0.25, 0.3) is 11.5 Å². The van der Waals surface area contributed by atoms with Crippen LogP contribution in [0, 0.1) is 5.82 Å². The lowest BCUT2D eigenvalue weighted by Gasteiger charge is -2.09. The standard InChI is InChI=1S/C18H15ClFN3O2S/c1-11(16(24)21-10-12-2-8-15(20)9-3-12)26-18-23-22-17(25-18)13-4-6-14(19)7-5-13/h2-9,11H,10H2,1H3,(H,21,24). The van der Waals surface area contributed by atoms with E-state index in [1.165, 1.54) is 23.9 Å². The quantitative estimate of drug-likeness (QED) is 0.633. The lowest BCUT2D eigenvalue weighted by Crippen LogP contribution is -2.30. The Balaban J connectivity index is 1.55. The van der Waals surface area contributed by atoms with Crippen molar-refractivity contribution in [1.29, 1.82) is 0 Å². The Morgan fingerprint density at radius 3 is 2.58 bits per heavy atom. The minimum Gasteiger partial charge on any atom is -0.411 e. The third-order valence-electron chi connectivity index (χ3n) is 3.52. The Kier molecular flexibility index (Phi) is 5.90. The molecule has 0 saturated heterocycles. The predicted molar refractivity (Wildman–Crippen MR) is 98.3 cm³/mol. The molecule has 0 saturated carbocycles. The second kappa shape index (κ2) is 8.33. The Bertz CT molecular complexity index is 884. The van der Waals surface area contributed by atoms with E-state index in [0.29, 0.717) is 22.7 Å². The van der Waals surface area contributed by atoms with Crippen molar-refractivity contribution in [1.82, 2.24) is 15.5 Å². The van der Waals surface area contributed by atoms with E-state index in [-0.39, 0.29) is 11.7 Å². The fourth-order valence-electron chi connectivity index (χ4n) is 2.11. The summed E-state index contributed by atoms with van der Waals surface area (Å²) in [6.45, 7) is 2.07. The van der Waals surface area contributed by atoms with Crippen LogP contribution in [0.5, 0.6) is 0 Å². The second-order valence-electron chi connectivity index (χ2n) is 5.48. The first-order chi connectivity index (χ1) is 12.5. The van der Waals surface area contributed by atoms with Crippen molar-refractivity contribution in [3.63, 3.8) is 0 Å². The van der Waals surface area contributed by atoms with Crippen molar-refractivity contribution >= 4 is 29.3 Å². The molecule has 26 heavy (non-hydrogen) atoms. The highest BCUT2D eigenvalue weighted by atomic mass is 35.5. The van der Waals surface area contributed by atoms with Crippen LogP contribution in [0.3, 0.4) is 0 Å². The molecule has 134 valence electrons. The Hall–Kier alpha value is -2.38. The topological polar surface area (TPSA) is 68.0 Å². The van der Waals surface area contributed by atoms with Crippen molar-refractivity contribution in [3.05, 3.63) is 64.9 Å². The van der Waals surface area contributed by atoms with Crippen molar-refractivity contribution < 1.29 is 13.6 Å². The molecule has 1 heterocycles. The van der Waals surface area contributed by atoms with E-state index in [1.54, 1.807) is 43.3 Å². The molecule has 8 heteroatoms. The van der Waals surface area contributed by atoms with E-state index in [2.05, 4.69) is 15.5 Å². The molecule has 1 N–H and O–H groups in total. The van der Waals surface area contributed by atoms with E-state index >= 15 is 0 Å². The highest BCUT2D eigenvalue weighted by Crippen LogP contribution is 2.26. The van der Waals surface area contributed by atoms with Gasteiger partial charge >= 0.3 is 0 Å². The summed E-state index contributed by atoms with van der Waals surface area (Å²) in [6, 6.07) is 13.0. The van der Waals surface area contributed by atoms with Crippen molar-refractivity contribution in [2.75, 3.05) is 0 Å². The molecule has 1 unspecified atom stereocenters. The van der Waals surface area contributed by atoms with Crippen LogP contribution in [0.15, 0.2) is 58.2 Å². The van der Waals surface area contributed by atoms with Gasteiger partial charge < -0.3 is 9.73 Å². The highest BCUT2D eigenvalue weighted by molar-refractivity contribution is 8.00. The van der Waals surface area contributed by atoms with E-state index in [0.717, 1.165) is 11.1 Å². The molecule has 3 rings (SSSR count). The van der Waals surface area contributed by atoms with Gasteiger partial charge in [0.1, 0.15) is 5.82 Å². The number of carbonyl (C=O) groups is 1. The van der Waals surface area contributed by atoms with Crippen LogP contribution >= 0.6 is 23.4 Å². The average Bonchev–Trinajstić information content (AvgIpc) is 3.10. The molecule has 1 aromatic heterocycles. The zero-order chi connectivity index (χ0) is 18.5. The first kappa shape index (κ1) is 18.4. The van der Waals surface area contributed by atoms with Gasteiger partial charge in [0, 0.05) is 17.1 Å². The molecule has 1 atom stereocenters. The fraction of sp³-hybridized carbons (Fsp3) is 0.167. The molecular formula is C18H15ClFN3O2S. The number of carbonyl (C=O) groups excluding carboxylic acids is 1. The first-order valence-corrected chi connectivity index (χ1v) is 9.05. The molecule has 2 aromatic carbocycles. The molecule has 0 aliphatic heterocycles. The van der Waals surface area contributed by atoms with Crippen LogP contribution in [-0.2, 0) is 11.3 Å². The average molecular weight is 392 g/mol. The summed E-state index contributed by atoms with van der Waals surface area (Å²) >= 11 is 7.03. The third kappa shape index (κ3) is 4.83. The minimum atomic E-state index is -0.422. The molecule has 3 aromatic rings. The van der Waals surface area contributed by atoms with E-state index in [9.17, 15) is 9.18 Å². The summed E-state index contributed by atoms with van der Waals surface area (Å²) in [5.41, 5.74) is 1.57. The number of amides is 1. The summed E-state index contributed by atoms with van der Waals surface area (Å²) in [5, 5.41) is 11.2. The number of aromatic nitrogens is 2. The predicted octanol–water partition coefficient (Wildman–Crippen LogP) is 4.33. The Morgan fingerprint density at radius 1 is 1.19 bits per heavy atom. The maximum atomic E-state index is 12.9. The SMILES string of the molecule is CC(Sc1nnc(-c2ccc(Cl)cc2)o1)C(=O)NCc1ccc(F)cc1. The largest absolute Gasteiger partial charge is 0.411 e. The Labute approximate surface area is 159 Å². The monoisotopic (exact) mass is 391 g/mol. The number of benzene rings is 2. The maximum Gasteiger partial charge on any atom is 0.277 e. The number of halogens is 2. The van der Waals surface area contributed by atoms with E-state index in [4.69, 9.17) is 16.0 Å². The van der Waals surface area contributed by atoms with Crippen LogP contribution in [0.2, 0.25) is 5.02 Å². The molecule has 1 amide bonds. The zero-order valence-corrected chi connectivity index (χ0v) is 15.4. The number of rotatable bonds is 6. The zero-order valence-electron chi connectivity index (χ0n) is 13.8. The minimum absolute atomic E-state index is 0.175. The molecule has 0 aliphatic rings. The van der Waals surface area contributed by atoms with E-state index in [1.807, 2.05) is 0 Å². The first-order valence-electron chi connectivity index (χ1n) is 7.79. The fourth-order valence-corrected chi connectivity index (χ4v) is 2.94. The summed E-state index contributed by atoms with van der Waals surface area (Å²) in [6.07, 6.45) is 0. The van der Waals surface area contributed by atoms with Gasteiger partial charge in [0.15, 0.2) is 0 Å². The maximum absolute atomic E-state index is 12.9. The van der Waals surface area contributed by atoms with Gasteiger partial charge in [-0.15, -0.1) is 10.2 Å². The lowest BCUT2D eigenvalue weighted by atomic mass is 10.2. The van der Waals surface area contributed by atoms with Gasteiger partial charge in [0.05, 0.1) is 5.25 Å². The van der Waals surface area contributed by atoms with Crippen molar-refractivity contribution in [2.24, 2.45) is 0 Å². The molecule has 0 bridgehead atoms. The van der Waals surface area contributed by atoms with Crippen molar-refractivity contribution in [2.45, 2.75) is 23.9 Å². The summed E-state index contributed by atoms with van der Waals surface area (Å²) in [4.78, 5) is 12.2. The lowest BCUT2D eigenvalue weighted by molar-refractivity contribution is -0.120. The van der Waals surface area contributed by atoms with Crippen LogP contribution in [0.4, 0.5) is 4.39 Å². The van der Waals surface area contributed by atoms with Crippen LogP contribution in [-0.4, -0.2) is 21.4 Å². The normalized spacial score (nSPS) is 12.0. The van der Waals surface area contributed by atoms with Gasteiger partial charge in [-0.1, -0.05) is 35.5 Å². The van der Waals surface area contributed by atoms with Crippen molar-refractivity contribution in [3.8, 4) is 11.5 Å². The molecule has 0 spiro atoms. The summed E-state index contributed by atoms with van der Waals surface area (Å²) in [7, 11) is 0. The number of nitrogens with zero attached hydrogens (tertiary/aromatic N) is 2. The Morgan fingerprint density at radius 2 is 1.88 bits per heavy atom. The molecular weight excluding hydrogens is 377 g/mol. The van der Waals surface area contributed by atoms with Gasteiger partial charge in [0.25, 0.3) is 5.22 Å². The van der Waals surface area contributed by atoms with Gasteiger partial charge in [-0.25, -0.2) is 4.39 Å². The molecule has 0 radical (unpaired) electrons. The number of thioether (sulfide) groups is 1. The number of nitrogens with one attached hydrogen (secondary N) is 1. The highest BCUT2D eigenvalue weighted by Gasteiger charge is 2.18. The number of hydrogen-bond acceptors (Lipinski definition) is 5. The summed E-state index contributed by atoms with van der Waals surface area (Å²) < 4.78 is 18.5. The van der Waals surface area contributed by atoms with Gasteiger partial charge in [0.2, 0.25) is 11.8 Å². The van der Waals surface area contributed by atoms with Crippen LogP contribution < -0.4 is 5.32 Å². The van der Waals surface area contributed by atoms with Gasteiger partial charge in [-0.3, -0.25) is 4.79 Å². The third-order valence-corrected chi connectivity index (χ3v) is 4.71.